The minimum Gasteiger partial charge on any atom is -0.466 e. The smallest absolute Gasteiger partial charge is 0.305 e. The van der Waals surface area contributed by atoms with Gasteiger partial charge in [-0.15, -0.1) is 0 Å². The van der Waals surface area contributed by atoms with Crippen molar-refractivity contribution in [1.82, 2.24) is 5.32 Å². The predicted molar refractivity (Wildman–Crippen MR) is 301 cm³/mol. The van der Waals surface area contributed by atoms with E-state index < -0.39 is 12.1 Å². The molecular weight excluding hydrogens is 851 g/mol. The maximum Gasteiger partial charge on any atom is 0.305 e. The number of aliphatic hydroxyl groups excluding tert-OH is 2. The quantitative estimate of drug-likeness (QED) is 0.0244. The molecule has 0 saturated heterocycles. The first-order valence-corrected chi connectivity index (χ1v) is 30.4. The van der Waals surface area contributed by atoms with Gasteiger partial charge < -0.3 is 20.3 Å². The monoisotopic (exact) mass is 968 g/mol. The molecule has 6 nitrogen and oxygen atoms in total. The lowest BCUT2D eigenvalue weighted by atomic mass is 10.0. The Kier molecular flexibility index (Phi) is 56.5. The molecule has 0 aromatic carbocycles. The Labute approximate surface area is 429 Å². The topological polar surface area (TPSA) is 95.9 Å². The summed E-state index contributed by atoms with van der Waals surface area (Å²) >= 11 is 0. The summed E-state index contributed by atoms with van der Waals surface area (Å²) in [5, 5.41) is 23.3. The highest BCUT2D eigenvalue weighted by atomic mass is 16.5. The molecular formula is C63H117NO5. The number of unbranched alkanes of at least 4 members (excludes halogenated alkanes) is 38. The molecule has 1 amide bonds. The van der Waals surface area contributed by atoms with Crippen molar-refractivity contribution in [2.45, 2.75) is 328 Å². The summed E-state index contributed by atoms with van der Waals surface area (Å²) in [5.41, 5.74) is 0. The standard InChI is InChI=1S/C63H117NO5/c1-3-5-7-9-11-13-15-17-19-20-24-28-31-35-39-43-47-51-55-61(66)60(59-65)64-62(67)56-52-48-44-40-36-32-29-25-22-21-23-26-30-34-38-42-46-50-54-58-69-63(68)57-53-49-45-41-37-33-27-18-16-14-12-10-8-6-4-2/h12,14,18,26-27,30,34,38,60-61,65-66H,3-11,13,15-17,19-25,28-29,31-33,35-37,39-59H2,1-2H3,(H,64,67)/b14-12-,27-18-,30-26-,38-34-. The first kappa shape index (κ1) is 66.8. The largest absolute Gasteiger partial charge is 0.466 e. The Bertz CT molecular complexity index is 1160. The van der Waals surface area contributed by atoms with E-state index in [1.807, 2.05) is 0 Å². The van der Waals surface area contributed by atoms with Gasteiger partial charge in [0.1, 0.15) is 0 Å². The second-order valence-corrected chi connectivity index (χ2v) is 20.7. The van der Waals surface area contributed by atoms with Gasteiger partial charge in [0.05, 0.1) is 25.4 Å². The number of carbonyl (C=O) groups excluding carboxylic acids is 2. The highest BCUT2D eigenvalue weighted by molar-refractivity contribution is 5.76. The Morgan fingerprint density at radius 2 is 0.768 bits per heavy atom. The maximum absolute atomic E-state index is 12.5. The third-order valence-electron chi connectivity index (χ3n) is 13.9. The van der Waals surface area contributed by atoms with Gasteiger partial charge in [0.25, 0.3) is 0 Å². The second-order valence-electron chi connectivity index (χ2n) is 20.7. The van der Waals surface area contributed by atoms with Gasteiger partial charge in [0, 0.05) is 12.8 Å². The van der Waals surface area contributed by atoms with Gasteiger partial charge in [-0.3, -0.25) is 9.59 Å². The number of nitrogens with one attached hydrogen (secondary N) is 1. The summed E-state index contributed by atoms with van der Waals surface area (Å²) in [6.45, 7) is 4.89. The van der Waals surface area contributed by atoms with Gasteiger partial charge in [-0.1, -0.05) is 262 Å². The minimum atomic E-state index is -0.673. The summed E-state index contributed by atoms with van der Waals surface area (Å²) in [4.78, 5) is 24.5. The lowest BCUT2D eigenvalue weighted by molar-refractivity contribution is -0.143. The van der Waals surface area contributed by atoms with Crippen molar-refractivity contribution in [1.29, 1.82) is 0 Å². The summed E-state index contributed by atoms with van der Waals surface area (Å²) in [6, 6.07) is -0.551. The number of hydrogen-bond acceptors (Lipinski definition) is 5. The van der Waals surface area contributed by atoms with E-state index in [1.165, 1.54) is 205 Å². The molecule has 0 heterocycles. The minimum absolute atomic E-state index is 0.0275. The van der Waals surface area contributed by atoms with Crippen molar-refractivity contribution in [3.8, 4) is 0 Å². The fourth-order valence-corrected chi connectivity index (χ4v) is 9.19. The zero-order chi connectivity index (χ0) is 50.0. The van der Waals surface area contributed by atoms with Crippen LogP contribution in [0.4, 0.5) is 0 Å². The summed E-state index contributed by atoms with van der Waals surface area (Å²) in [5.74, 6) is -0.0713. The summed E-state index contributed by atoms with van der Waals surface area (Å²) in [7, 11) is 0. The molecule has 0 fully saturated rings. The number of esters is 1. The molecule has 0 radical (unpaired) electrons. The van der Waals surface area contributed by atoms with Gasteiger partial charge in [-0.2, -0.15) is 0 Å². The molecule has 0 aromatic heterocycles. The van der Waals surface area contributed by atoms with Crippen LogP contribution in [0.25, 0.3) is 0 Å². The van der Waals surface area contributed by atoms with Crippen LogP contribution in [0.5, 0.6) is 0 Å². The van der Waals surface area contributed by atoms with Crippen LogP contribution in [-0.4, -0.2) is 47.4 Å². The van der Waals surface area contributed by atoms with Crippen LogP contribution in [0.2, 0.25) is 0 Å². The van der Waals surface area contributed by atoms with Crippen molar-refractivity contribution < 1.29 is 24.5 Å². The van der Waals surface area contributed by atoms with Crippen LogP contribution in [0, 0.1) is 0 Å². The summed E-state index contributed by atoms with van der Waals surface area (Å²) in [6.07, 6.45) is 73.9. The molecule has 0 bridgehead atoms. The predicted octanol–water partition coefficient (Wildman–Crippen LogP) is 19.0. The second kappa shape index (κ2) is 58.4. The number of aliphatic hydroxyl groups is 2. The van der Waals surface area contributed by atoms with Crippen LogP contribution in [-0.2, 0) is 14.3 Å². The molecule has 0 aliphatic carbocycles. The van der Waals surface area contributed by atoms with E-state index in [9.17, 15) is 19.8 Å². The van der Waals surface area contributed by atoms with Crippen LogP contribution < -0.4 is 5.32 Å². The molecule has 6 heteroatoms. The Balaban J connectivity index is 3.49. The van der Waals surface area contributed by atoms with E-state index in [-0.39, 0.29) is 18.5 Å². The van der Waals surface area contributed by atoms with Crippen molar-refractivity contribution in [3.05, 3.63) is 48.6 Å². The zero-order valence-corrected chi connectivity index (χ0v) is 46.0. The molecule has 2 unspecified atom stereocenters. The molecule has 0 aliphatic rings. The van der Waals surface area contributed by atoms with Gasteiger partial charge >= 0.3 is 5.97 Å². The normalized spacial score (nSPS) is 12.9. The molecule has 0 saturated carbocycles. The van der Waals surface area contributed by atoms with Crippen molar-refractivity contribution in [2.75, 3.05) is 13.2 Å². The highest BCUT2D eigenvalue weighted by Crippen LogP contribution is 2.17. The van der Waals surface area contributed by atoms with E-state index in [0.717, 1.165) is 77.0 Å². The Hall–Kier alpha value is -2.18. The average molecular weight is 969 g/mol. The molecule has 69 heavy (non-hydrogen) atoms. The van der Waals surface area contributed by atoms with Crippen LogP contribution >= 0.6 is 0 Å². The van der Waals surface area contributed by atoms with Gasteiger partial charge in [0.15, 0.2) is 0 Å². The van der Waals surface area contributed by atoms with Crippen molar-refractivity contribution >= 4 is 11.9 Å². The number of hydrogen-bond donors (Lipinski definition) is 3. The Morgan fingerprint density at radius 3 is 1.22 bits per heavy atom. The highest BCUT2D eigenvalue weighted by Gasteiger charge is 2.20. The van der Waals surface area contributed by atoms with Crippen LogP contribution in [0.3, 0.4) is 0 Å². The van der Waals surface area contributed by atoms with E-state index in [2.05, 4.69) is 67.8 Å². The SMILES string of the molecule is CCCCC/C=C\C/C=C\CCCCCCCC(=O)OCCCCC/C=C\C=C/CCCCCCCCCCCCC(=O)NC(CO)C(O)CCCCCCCCCCCCCCCCCCCC. The van der Waals surface area contributed by atoms with Crippen LogP contribution in [0.15, 0.2) is 48.6 Å². The number of ether oxygens (including phenoxy) is 1. The van der Waals surface area contributed by atoms with E-state index in [4.69, 9.17) is 4.74 Å². The molecule has 0 rings (SSSR count). The van der Waals surface area contributed by atoms with E-state index >= 15 is 0 Å². The third-order valence-corrected chi connectivity index (χ3v) is 13.9. The first-order valence-electron chi connectivity index (χ1n) is 30.4. The number of rotatable bonds is 56. The van der Waals surface area contributed by atoms with Crippen molar-refractivity contribution in [2.24, 2.45) is 0 Å². The van der Waals surface area contributed by atoms with Gasteiger partial charge in [-0.05, 0) is 89.9 Å². The number of amides is 1. The maximum atomic E-state index is 12.5. The summed E-state index contributed by atoms with van der Waals surface area (Å²) < 4.78 is 5.45. The fourth-order valence-electron chi connectivity index (χ4n) is 9.19. The van der Waals surface area contributed by atoms with E-state index in [0.29, 0.717) is 25.9 Å². The number of carbonyl (C=O) groups is 2. The van der Waals surface area contributed by atoms with Gasteiger partial charge in [0.2, 0.25) is 5.91 Å². The molecule has 0 aromatic rings. The van der Waals surface area contributed by atoms with Gasteiger partial charge in [-0.25, -0.2) is 0 Å². The number of allylic oxidation sites excluding steroid dienone is 8. The fraction of sp³-hybridized carbons (Fsp3) is 0.841. The third kappa shape index (κ3) is 55.0. The average Bonchev–Trinajstić information content (AvgIpc) is 3.35. The lowest BCUT2D eigenvalue weighted by Gasteiger charge is -2.22. The van der Waals surface area contributed by atoms with E-state index in [1.54, 1.807) is 0 Å². The molecule has 0 aliphatic heterocycles. The Morgan fingerprint density at radius 1 is 0.420 bits per heavy atom. The molecule has 0 spiro atoms. The molecule has 3 N–H and O–H groups in total. The molecule has 2 atom stereocenters. The first-order chi connectivity index (χ1) is 34.0. The zero-order valence-electron chi connectivity index (χ0n) is 46.0. The molecule has 404 valence electrons. The lowest BCUT2D eigenvalue weighted by Crippen LogP contribution is -2.45. The van der Waals surface area contributed by atoms with Crippen LogP contribution in [0.1, 0.15) is 316 Å². The van der Waals surface area contributed by atoms with Crippen molar-refractivity contribution in [3.63, 3.8) is 0 Å².